The van der Waals surface area contributed by atoms with Gasteiger partial charge in [0.2, 0.25) is 0 Å². The van der Waals surface area contributed by atoms with Gasteiger partial charge in [0, 0.05) is 27.9 Å². The maximum absolute atomic E-state index is 15.0. The molecule has 8 nitrogen and oxygen atoms in total. The van der Waals surface area contributed by atoms with Crippen LogP contribution in [-0.4, -0.2) is 48.7 Å². The highest BCUT2D eigenvalue weighted by Crippen LogP contribution is 2.60. The summed E-state index contributed by atoms with van der Waals surface area (Å²) in [7, 11) is -0.621. The number of aliphatic hydroxyl groups is 1. The summed E-state index contributed by atoms with van der Waals surface area (Å²) in [5.41, 5.74) is 1.75. The number of methoxy groups -OCH3 is 1. The molecular formula is C38H38BrN3O5Si. The number of hydrogen-bond acceptors (Lipinski definition) is 6. The number of carbonyl (C=O) groups is 1. The lowest BCUT2D eigenvalue weighted by Gasteiger charge is -2.37. The molecule has 1 fully saturated rings. The van der Waals surface area contributed by atoms with E-state index in [-0.39, 0.29) is 42.2 Å². The quantitative estimate of drug-likeness (QED) is 0.189. The van der Waals surface area contributed by atoms with Crippen LogP contribution in [-0.2, 0) is 21.7 Å². The molecule has 0 saturated carbocycles. The van der Waals surface area contributed by atoms with Gasteiger partial charge in [-0.05, 0) is 66.1 Å². The normalized spacial score (nSPS) is 22.1. The maximum Gasteiger partial charge on any atom is 0.279 e. The van der Waals surface area contributed by atoms with Crippen molar-refractivity contribution in [3.63, 3.8) is 0 Å². The highest BCUT2D eigenvalue weighted by molar-refractivity contribution is 9.10. The second-order valence-corrected chi connectivity index (χ2v) is 18.9. The van der Waals surface area contributed by atoms with Crippen LogP contribution in [0.3, 0.4) is 0 Å². The molecule has 7 rings (SSSR count). The molecule has 1 aromatic heterocycles. The van der Waals surface area contributed by atoms with E-state index in [4.69, 9.17) is 9.47 Å². The predicted octanol–water partition coefficient (Wildman–Crippen LogP) is 6.30. The first kappa shape index (κ1) is 32.5. The number of ether oxygens (including phenoxy) is 2. The van der Waals surface area contributed by atoms with E-state index < -0.39 is 13.7 Å². The number of hydrogen-bond donors (Lipinski definition) is 1. The summed E-state index contributed by atoms with van der Waals surface area (Å²) >= 11 is 3.66. The SMILES string of the molecule is COc1ccc([Si](C)(C)[C@@H]2[C@@H](CCO)O[C@]3(C(=O)N(Cc4cccc(-n5ncc6ccccc6c5=O)c4)c4ccc(Br)cc43)[C@H]2C)cc1. The number of anilines is 1. The van der Waals surface area contributed by atoms with Gasteiger partial charge in [-0.15, -0.1) is 0 Å². The van der Waals surface area contributed by atoms with E-state index in [1.807, 2.05) is 77.7 Å². The summed E-state index contributed by atoms with van der Waals surface area (Å²) in [6.07, 6.45) is 1.83. The van der Waals surface area contributed by atoms with E-state index in [1.54, 1.807) is 19.4 Å². The molecule has 0 unspecified atom stereocenters. The number of fused-ring (bicyclic) bond motifs is 3. The highest BCUT2D eigenvalue weighted by atomic mass is 79.9. The van der Waals surface area contributed by atoms with Crippen molar-refractivity contribution in [2.24, 2.45) is 5.92 Å². The molecular weight excluding hydrogens is 686 g/mol. The Bertz CT molecular complexity index is 2080. The van der Waals surface area contributed by atoms with Gasteiger partial charge in [0.15, 0.2) is 5.60 Å². The Morgan fingerprint density at radius 2 is 1.77 bits per heavy atom. The van der Waals surface area contributed by atoms with Crippen molar-refractivity contribution in [1.82, 2.24) is 9.78 Å². The molecule has 3 heterocycles. The molecule has 0 radical (unpaired) electrons. The second-order valence-electron chi connectivity index (χ2n) is 13.3. The van der Waals surface area contributed by atoms with Gasteiger partial charge in [-0.25, -0.2) is 0 Å². The van der Waals surface area contributed by atoms with Crippen molar-refractivity contribution in [3.05, 3.63) is 123 Å². The molecule has 2 aliphatic heterocycles. The van der Waals surface area contributed by atoms with E-state index >= 15 is 0 Å². The van der Waals surface area contributed by atoms with Gasteiger partial charge in [0.1, 0.15) is 5.75 Å². The van der Waals surface area contributed by atoms with Crippen molar-refractivity contribution in [2.75, 3.05) is 18.6 Å². The Balaban J connectivity index is 1.27. The Kier molecular flexibility index (Phi) is 8.39. The first-order valence-electron chi connectivity index (χ1n) is 16.2. The predicted molar refractivity (Wildman–Crippen MR) is 194 cm³/mol. The summed E-state index contributed by atoms with van der Waals surface area (Å²) in [6.45, 7) is 7.06. The molecule has 1 amide bonds. The number of aromatic nitrogens is 2. The number of rotatable bonds is 8. The highest BCUT2D eigenvalue weighted by Gasteiger charge is 2.66. The minimum atomic E-state index is -2.28. The molecule has 2 aliphatic rings. The zero-order valence-corrected chi connectivity index (χ0v) is 30.0. The van der Waals surface area contributed by atoms with Crippen LogP contribution in [0.15, 0.2) is 106 Å². The average Bonchev–Trinajstić information content (AvgIpc) is 3.51. The van der Waals surface area contributed by atoms with Crippen LogP contribution < -0.4 is 20.4 Å². The Morgan fingerprint density at radius 1 is 1.00 bits per heavy atom. The third-order valence-electron chi connectivity index (χ3n) is 10.4. The van der Waals surface area contributed by atoms with E-state index in [1.165, 1.54) is 9.87 Å². The molecule has 10 heteroatoms. The van der Waals surface area contributed by atoms with Gasteiger partial charge in [0.25, 0.3) is 11.5 Å². The molecule has 48 heavy (non-hydrogen) atoms. The van der Waals surface area contributed by atoms with Crippen LogP contribution in [0.1, 0.15) is 24.5 Å². The molecule has 1 saturated heterocycles. The largest absolute Gasteiger partial charge is 0.497 e. The molecule has 4 atom stereocenters. The number of aliphatic hydroxyl groups excluding tert-OH is 1. The molecule has 246 valence electrons. The lowest BCUT2D eigenvalue weighted by Crippen LogP contribution is -2.51. The van der Waals surface area contributed by atoms with E-state index in [2.05, 4.69) is 53.2 Å². The van der Waals surface area contributed by atoms with E-state index in [9.17, 15) is 14.7 Å². The van der Waals surface area contributed by atoms with E-state index in [0.29, 0.717) is 17.5 Å². The standard InChI is InChI=1S/C38H38BrN3O5Si/c1-24-35(48(3,4)30-15-13-29(46-2)14-16-30)34(18-19-43)47-38(24)32-21-27(39)12-17-33(32)41(37(38)45)23-25-8-7-10-28(20-25)42-36(44)31-11-6-5-9-26(31)22-40-42/h5-17,20-22,24,34-35,43H,18-19,23H2,1-4H3/t24-,34+,35-,38+/m0/s1. The number of benzene rings is 4. The van der Waals surface area contributed by atoms with Gasteiger partial charge in [-0.2, -0.15) is 9.78 Å². The van der Waals surface area contributed by atoms with Crippen molar-refractivity contribution < 1.29 is 19.4 Å². The molecule has 1 N–H and O–H groups in total. The summed E-state index contributed by atoms with van der Waals surface area (Å²) in [6, 6.07) is 29.2. The lowest BCUT2D eigenvalue weighted by molar-refractivity contribution is -0.146. The minimum Gasteiger partial charge on any atom is -0.497 e. The number of carbonyl (C=O) groups excluding carboxylic acids is 1. The molecule has 4 aromatic carbocycles. The smallest absolute Gasteiger partial charge is 0.279 e. The third-order valence-corrected chi connectivity index (χ3v) is 15.3. The monoisotopic (exact) mass is 723 g/mol. The Labute approximate surface area is 289 Å². The van der Waals surface area contributed by atoms with Gasteiger partial charge in [0.05, 0.1) is 50.8 Å². The molecule has 1 spiro atoms. The van der Waals surface area contributed by atoms with Crippen LogP contribution in [0.4, 0.5) is 5.69 Å². The summed E-state index contributed by atoms with van der Waals surface area (Å²) < 4.78 is 14.7. The van der Waals surface area contributed by atoms with Crippen LogP contribution >= 0.6 is 15.9 Å². The van der Waals surface area contributed by atoms with Gasteiger partial charge >= 0.3 is 0 Å². The fraction of sp³-hybridized carbons (Fsp3) is 0.289. The first-order chi connectivity index (χ1) is 23.1. The van der Waals surface area contributed by atoms with Gasteiger partial charge < -0.3 is 19.5 Å². The summed E-state index contributed by atoms with van der Waals surface area (Å²) in [5, 5.41) is 17.3. The van der Waals surface area contributed by atoms with Gasteiger partial charge in [-0.3, -0.25) is 9.59 Å². The number of nitrogens with zero attached hydrogens (tertiary/aromatic N) is 3. The molecule has 5 aromatic rings. The first-order valence-corrected chi connectivity index (χ1v) is 20.1. The van der Waals surface area contributed by atoms with Crippen LogP contribution in [0, 0.1) is 5.92 Å². The fourth-order valence-corrected chi connectivity index (χ4v) is 12.5. The third kappa shape index (κ3) is 5.13. The zero-order valence-electron chi connectivity index (χ0n) is 27.4. The Hall–Kier alpha value is -4.09. The van der Waals surface area contributed by atoms with Crippen LogP contribution in [0.5, 0.6) is 5.75 Å². The molecule has 0 bridgehead atoms. The van der Waals surface area contributed by atoms with Crippen molar-refractivity contribution in [1.29, 1.82) is 0 Å². The van der Waals surface area contributed by atoms with Crippen molar-refractivity contribution >= 4 is 51.6 Å². The van der Waals surface area contributed by atoms with Crippen LogP contribution in [0.2, 0.25) is 18.6 Å². The molecule has 0 aliphatic carbocycles. The van der Waals surface area contributed by atoms with Gasteiger partial charge in [-0.1, -0.05) is 83.6 Å². The number of amides is 1. The second kappa shape index (κ2) is 12.4. The number of halogens is 1. The lowest BCUT2D eigenvalue weighted by atomic mass is 9.82. The van der Waals surface area contributed by atoms with Crippen molar-refractivity contribution in [3.8, 4) is 11.4 Å². The average molecular weight is 725 g/mol. The fourth-order valence-electron chi connectivity index (χ4n) is 8.08. The summed E-state index contributed by atoms with van der Waals surface area (Å²) in [4.78, 5) is 30.1. The maximum atomic E-state index is 15.0. The van der Waals surface area contributed by atoms with E-state index in [0.717, 1.165) is 32.4 Å². The zero-order chi connectivity index (χ0) is 33.8. The Morgan fingerprint density at radius 3 is 2.52 bits per heavy atom. The van der Waals surface area contributed by atoms with Crippen molar-refractivity contribution in [2.45, 2.75) is 50.2 Å². The summed E-state index contributed by atoms with van der Waals surface area (Å²) in [5.74, 6) is 0.517. The van der Waals surface area contributed by atoms with Crippen LogP contribution in [0.25, 0.3) is 16.5 Å². The minimum absolute atomic E-state index is 0.0325. The topological polar surface area (TPSA) is 93.9 Å².